The standard InChI is InChI=1S/C8H13NO2/c1-5-3-6(7(9)4-5)8(10)11-2/h6-7H,1,3-4,9H2,2H3/t6-,7-/m1/s1. The Labute approximate surface area is 66.2 Å². The molecular weight excluding hydrogens is 142 g/mol. The van der Waals surface area contributed by atoms with Crippen LogP contribution in [-0.4, -0.2) is 19.1 Å². The van der Waals surface area contributed by atoms with E-state index in [0.29, 0.717) is 6.42 Å². The number of hydrogen-bond acceptors (Lipinski definition) is 3. The highest BCUT2D eigenvalue weighted by Gasteiger charge is 2.32. The topological polar surface area (TPSA) is 52.3 Å². The van der Waals surface area contributed by atoms with Gasteiger partial charge in [-0.3, -0.25) is 4.79 Å². The van der Waals surface area contributed by atoms with Gasteiger partial charge in [0, 0.05) is 6.04 Å². The SMILES string of the molecule is C=C1C[C@@H](N)[C@H](C(=O)OC)C1. The smallest absolute Gasteiger partial charge is 0.310 e. The summed E-state index contributed by atoms with van der Waals surface area (Å²) in [4.78, 5) is 11.0. The Morgan fingerprint density at radius 3 is 2.73 bits per heavy atom. The van der Waals surface area contributed by atoms with E-state index in [1.54, 1.807) is 0 Å². The van der Waals surface area contributed by atoms with Crippen LogP contribution in [0, 0.1) is 5.92 Å². The predicted molar refractivity (Wildman–Crippen MR) is 41.9 cm³/mol. The van der Waals surface area contributed by atoms with Gasteiger partial charge in [-0.25, -0.2) is 0 Å². The molecule has 0 aromatic carbocycles. The third kappa shape index (κ3) is 1.60. The molecule has 1 saturated carbocycles. The number of carbonyl (C=O) groups is 1. The monoisotopic (exact) mass is 155 g/mol. The Morgan fingerprint density at radius 2 is 2.36 bits per heavy atom. The second-order valence-corrected chi connectivity index (χ2v) is 2.95. The van der Waals surface area contributed by atoms with Gasteiger partial charge in [0.25, 0.3) is 0 Å². The molecule has 1 fully saturated rings. The Kier molecular flexibility index (Phi) is 2.29. The van der Waals surface area contributed by atoms with Gasteiger partial charge in [0.05, 0.1) is 13.0 Å². The van der Waals surface area contributed by atoms with E-state index in [4.69, 9.17) is 5.73 Å². The molecule has 2 N–H and O–H groups in total. The maximum atomic E-state index is 11.0. The van der Waals surface area contributed by atoms with Crippen LogP contribution in [0.1, 0.15) is 12.8 Å². The number of hydrogen-bond donors (Lipinski definition) is 1. The van der Waals surface area contributed by atoms with Crippen molar-refractivity contribution in [3.8, 4) is 0 Å². The van der Waals surface area contributed by atoms with Crippen LogP contribution in [0.25, 0.3) is 0 Å². The molecule has 0 bridgehead atoms. The van der Waals surface area contributed by atoms with Crippen LogP contribution >= 0.6 is 0 Å². The van der Waals surface area contributed by atoms with E-state index in [1.165, 1.54) is 7.11 Å². The Bertz CT molecular complexity index is 189. The van der Waals surface area contributed by atoms with E-state index in [-0.39, 0.29) is 17.9 Å². The summed E-state index contributed by atoms with van der Waals surface area (Å²) in [6.07, 6.45) is 1.44. The highest BCUT2D eigenvalue weighted by atomic mass is 16.5. The van der Waals surface area contributed by atoms with Crippen molar-refractivity contribution < 1.29 is 9.53 Å². The number of nitrogens with two attached hydrogens (primary N) is 1. The summed E-state index contributed by atoms with van der Waals surface area (Å²) in [5.74, 6) is -0.372. The quantitative estimate of drug-likeness (QED) is 0.442. The Morgan fingerprint density at radius 1 is 1.73 bits per heavy atom. The van der Waals surface area contributed by atoms with E-state index >= 15 is 0 Å². The van der Waals surface area contributed by atoms with Crippen molar-refractivity contribution in [1.29, 1.82) is 0 Å². The van der Waals surface area contributed by atoms with Gasteiger partial charge in [-0.1, -0.05) is 12.2 Å². The predicted octanol–water partition coefficient (Wildman–Crippen LogP) is 0.453. The zero-order valence-corrected chi connectivity index (χ0v) is 6.67. The Balaban J connectivity index is 2.59. The van der Waals surface area contributed by atoms with Crippen molar-refractivity contribution in [1.82, 2.24) is 0 Å². The minimum absolute atomic E-state index is 0.0880. The maximum Gasteiger partial charge on any atom is 0.310 e. The molecule has 2 atom stereocenters. The molecular formula is C8H13NO2. The normalized spacial score (nSPS) is 30.5. The number of rotatable bonds is 1. The third-order valence-corrected chi connectivity index (χ3v) is 2.05. The van der Waals surface area contributed by atoms with E-state index in [9.17, 15) is 4.79 Å². The van der Waals surface area contributed by atoms with Crippen LogP contribution in [-0.2, 0) is 9.53 Å². The van der Waals surface area contributed by atoms with E-state index in [2.05, 4.69) is 11.3 Å². The molecule has 11 heavy (non-hydrogen) atoms. The van der Waals surface area contributed by atoms with Crippen molar-refractivity contribution >= 4 is 5.97 Å². The highest BCUT2D eigenvalue weighted by Crippen LogP contribution is 2.28. The molecule has 1 aliphatic rings. The van der Waals surface area contributed by atoms with Gasteiger partial charge >= 0.3 is 5.97 Å². The molecule has 0 spiro atoms. The lowest BCUT2D eigenvalue weighted by atomic mass is 10.1. The first-order valence-corrected chi connectivity index (χ1v) is 3.65. The van der Waals surface area contributed by atoms with Crippen molar-refractivity contribution in [3.63, 3.8) is 0 Å². The molecule has 0 aromatic rings. The average Bonchev–Trinajstić information content (AvgIpc) is 2.28. The molecule has 3 heteroatoms. The summed E-state index contributed by atoms with van der Waals surface area (Å²) in [7, 11) is 1.39. The first-order valence-electron chi connectivity index (χ1n) is 3.65. The van der Waals surface area contributed by atoms with Gasteiger partial charge in [0.1, 0.15) is 0 Å². The van der Waals surface area contributed by atoms with Crippen molar-refractivity contribution in [3.05, 3.63) is 12.2 Å². The average molecular weight is 155 g/mol. The second-order valence-electron chi connectivity index (χ2n) is 2.95. The van der Waals surface area contributed by atoms with Gasteiger partial charge < -0.3 is 10.5 Å². The van der Waals surface area contributed by atoms with E-state index < -0.39 is 0 Å². The van der Waals surface area contributed by atoms with Crippen LogP contribution < -0.4 is 5.73 Å². The molecule has 3 nitrogen and oxygen atoms in total. The maximum absolute atomic E-state index is 11.0. The number of ether oxygens (including phenoxy) is 1. The number of methoxy groups -OCH3 is 1. The summed E-state index contributed by atoms with van der Waals surface area (Å²) < 4.78 is 4.59. The summed E-state index contributed by atoms with van der Waals surface area (Å²) in [5, 5.41) is 0. The first-order chi connectivity index (χ1) is 5.15. The summed E-state index contributed by atoms with van der Waals surface area (Å²) in [6, 6.07) is -0.0880. The number of carbonyl (C=O) groups excluding carboxylic acids is 1. The van der Waals surface area contributed by atoms with Gasteiger partial charge in [-0.2, -0.15) is 0 Å². The fraction of sp³-hybridized carbons (Fsp3) is 0.625. The molecule has 0 aromatic heterocycles. The third-order valence-electron chi connectivity index (χ3n) is 2.05. The molecule has 0 heterocycles. The minimum atomic E-state index is -0.212. The van der Waals surface area contributed by atoms with Gasteiger partial charge in [0.15, 0.2) is 0 Å². The largest absolute Gasteiger partial charge is 0.469 e. The minimum Gasteiger partial charge on any atom is -0.469 e. The van der Waals surface area contributed by atoms with Crippen molar-refractivity contribution in [2.75, 3.05) is 7.11 Å². The fourth-order valence-electron chi connectivity index (χ4n) is 1.43. The van der Waals surface area contributed by atoms with Gasteiger partial charge in [0.2, 0.25) is 0 Å². The molecule has 0 unspecified atom stereocenters. The van der Waals surface area contributed by atoms with Crippen molar-refractivity contribution in [2.45, 2.75) is 18.9 Å². The van der Waals surface area contributed by atoms with Crippen LogP contribution in [0.3, 0.4) is 0 Å². The summed E-state index contributed by atoms with van der Waals surface area (Å²) in [5.41, 5.74) is 6.73. The lowest BCUT2D eigenvalue weighted by Gasteiger charge is -2.10. The number of esters is 1. The molecule has 0 radical (unpaired) electrons. The molecule has 0 saturated heterocycles. The van der Waals surface area contributed by atoms with Crippen molar-refractivity contribution in [2.24, 2.45) is 11.7 Å². The van der Waals surface area contributed by atoms with Crippen LogP contribution in [0.5, 0.6) is 0 Å². The molecule has 0 amide bonds. The molecule has 0 aliphatic heterocycles. The van der Waals surface area contributed by atoms with Gasteiger partial charge in [-0.05, 0) is 12.8 Å². The second kappa shape index (κ2) is 3.05. The van der Waals surface area contributed by atoms with Crippen LogP contribution in [0.4, 0.5) is 0 Å². The van der Waals surface area contributed by atoms with Gasteiger partial charge in [-0.15, -0.1) is 0 Å². The van der Waals surface area contributed by atoms with Crippen LogP contribution in [0.2, 0.25) is 0 Å². The Hall–Kier alpha value is -0.830. The fourth-order valence-corrected chi connectivity index (χ4v) is 1.43. The molecule has 1 aliphatic carbocycles. The first kappa shape index (κ1) is 8.27. The lowest BCUT2D eigenvalue weighted by Crippen LogP contribution is -2.31. The molecule has 62 valence electrons. The van der Waals surface area contributed by atoms with Crippen LogP contribution in [0.15, 0.2) is 12.2 Å². The highest BCUT2D eigenvalue weighted by molar-refractivity contribution is 5.74. The van der Waals surface area contributed by atoms with E-state index in [0.717, 1.165) is 12.0 Å². The van der Waals surface area contributed by atoms with E-state index in [1.807, 2.05) is 0 Å². The molecule has 1 rings (SSSR count). The zero-order chi connectivity index (χ0) is 8.43. The lowest BCUT2D eigenvalue weighted by molar-refractivity contribution is -0.145. The summed E-state index contributed by atoms with van der Waals surface area (Å²) in [6.45, 7) is 3.78. The summed E-state index contributed by atoms with van der Waals surface area (Å²) >= 11 is 0. The zero-order valence-electron chi connectivity index (χ0n) is 6.67.